The lowest BCUT2D eigenvalue weighted by Crippen LogP contribution is -2.32. The Morgan fingerprint density at radius 1 is 1.22 bits per heavy atom. The molecule has 0 aromatic heterocycles. The number of ether oxygens (including phenoxy) is 4. The summed E-state index contributed by atoms with van der Waals surface area (Å²) in [4.78, 5) is 24.3. The van der Waals surface area contributed by atoms with Crippen LogP contribution >= 0.6 is 0 Å². The monoisotopic (exact) mass is 530 g/mol. The van der Waals surface area contributed by atoms with Gasteiger partial charge in [-0.15, -0.1) is 0 Å². The molecule has 2 aliphatic heterocycles. The van der Waals surface area contributed by atoms with Crippen LogP contribution in [0.15, 0.2) is 24.3 Å². The highest BCUT2D eigenvalue weighted by molar-refractivity contribution is 5.84. The summed E-state index contributed by atoms with van der Waals surface area (Å²) in [5.41, 5.74) is -0.855. The number of alkyl halides is 3. The minimum Gasteiger partial charge on any atom is -0.491 e. The predicted molar refractivity (Wildman–Crippen MR) is 123 cm³/mol. The average Bonchev–Trinajstić information content (AvgIpc) is 3.72. The van der Waals surface area contributed by atoms with Gasteiger partial charge < -0.3 is 29.2 Å². The van der Waals surface area contributed by atoms with Crippen LogP contribution in [0.2, 0.25) is 0 Å². The van der Waals surface area contributed by atoms with E-state index in [1.165, 1.54) is 12.1 Å². The summed E-state index contributed by atoms with van der Waals surface area (Å²) in [5.74, 6) is -1.37. The summed E-state index contributed by atoms with van der Waals surface area (Å²) in [6.07, 6.45) is -6.17. The molecule has 2 heterocycles. The van der Waals surface area contributed by atoms with Gasteiger partial charge in [-0.25, -0.2) is 0 Å². The Labute approximate surface area is 213 Å². The first-order valence-corrected chi connectivity index (χ1v) is 12.6. The first-order valence-electron chi connectivity index (χ1n) is 12.6. The molecule has 0 radical (unpaired) electrons. The second-order valence-electron chi connectivity index (χ2n) is 10.3. The topological polar surface area (TPSA) is 118 Å². The van der Waals surface area contributed by atoms with Crippen molar-refractivity contribution in [2.24, 2.45) is 11.8 Å². The van der Waals surface area contributed by atoms with Crippen molar-refractivity contribution in [1.29, 1.82) is 0 Å². The van der Waals surface area contributed by atoms with Crippen LogP contribution in [-0.4, -0.2) is 71.3 Å². The van der Waals surface area contributed by atoms with Crippen molar-refractivity contribution in [2.45, 2.75) is 94.9 Å². The van der Waals surface area contributed by atoms with Gasteiger partial charge in [-0.3, -0.25) is 9.59 Å². The summed E-state index contributed by atoms with van der Waals surface area (Å²) < 4.78 is 60.4. The first-order chi connectivity index (χ1) is 17.4. The van der Waals surface area contributed by atoms with E-state index in [0.29, 0.717) is 25.7 Å². The van der Waals surface area contributed by atoms with Crippen LogP contribution in [0.4, 0.5) is 13.2 Å². The zero-order valence-corrected chi connectivity index (χ0v) is 20.7. The number of ketones is 1. The zero-order chi connectivity index (χ0) is 26.9. The molecule has 2 saturated heterocycles. The normalized spacial score (nSPS) is 31.9. The van der Waals surface area contributed by atoms with Crippen LogP contribution in [-0.2, 0) is 30.0 Å². The smallest absolute Gasteiger partial charge is 0.416 e. The first kappa shape index (κ1) is 27.8. The van der Waals surface area contributed by atoms with Gasteiger partial charge in [0.25, 0.3) is 0 Å². The minimum atomic E-state index is -4.51. The van der Waals surface area contributed by atoms with E-state index in [0.717, 1.165) is 12.1 Å². The van der Waals surface area contributed by atoms with Crippen molar-refractivity contribution in [3.8, 4) is 5.75 Å². The predicted octanol–water partition coefficient (Wildman–Crippen LogP) is 3.06. The van der Waals surface area contributed by atoms with Gasteiger partial charge >= 0.3 is 12.1 Å². The van der Waals surface area contributed by atoms with E-state index in [2.05, 4.69) is 0 Å². The van der Waals surface area contributed by atoms with E-state index in [9.17, 15) is 33.0 Å². The summed E-state index contributed by atoms with van der Waals surface area (Å²) in [6, 6.07) is 4.36. The molecule has 3 fully saturated rings. The number of aliphatic hydroxyl groups is 2. The average molecular weight is 531 g/mol. The Bertz CT molecular complexity index is 967. The van der Waals surface area contributed by atoms with E-state index in [1.54, 1.807) is 13.8 Å². The highest BCUT2D eigenvalue weighted by atomic mass is 19.4. The summed E-state index contributed by atoms with van der Waals surface area (Å²) in [6.45, 7) is 3.28. The molecule has 206 valence electrons. The molecule has 8 nitrogen and oxygen atoms in total. The van der Waals surface area contributed by atoms with Gasteiger partial charge in [0.2, 0.25) is 0 Å². The van der Waals surface area contributed by atoms with Crippen LogP contribution in [0.25, 0.3) is 0 Å². The number of aliphatic hydroxyl groups excluding tert-OH is 2. The third kappa shape index (κ3) is 7.22. The van der Waals surface area contributed by atoms with E-state index < -0.39 is 48.0 Å². The molecule has 1 aromatic carbocycles. The standard InChI is InChI=1S/C26H33F3O8/c1-13(2)35-22(33)8-4-7-20-21(36-20)10-16-17(30)11-18(31)23(16)25-24(37-25)19(32)12-34-15-6-3-5-14(9-15)26(27,28)29/h3,5-6,9,13,16,18-21,23-25,31-32H,4,7-8,10-12H2,1-2H3/t16-,18+,19-,20?,21?,23+,24?,25+/m0/s1. The largest absolute Gasteiger partial charge is 0.491 e. The lowest BCUT2D eigenvalue weighted by Gasteiger charge is -2.19. The molecule has 0 amide bonds. The molecule has 3 aliphatic rings. The molecule has 1 aliphatic carbocycles. The fraction of sp³-hybridized carbons (Fsp3) is 0.692. The number of halogens is 3. The molecular formula is C26H33F3O8. The number of benzene rings is 1. The van der Waals surface area contributed by atoms with Crippen LogP contribution < -0.4 is 4.74 Å². The number of epoxide rings is 2. The SMILES string of the molecule is CC(C)OC(=O)CCCC1OC1C[C@H]1C(=O)C[C@@H](O)[C@@H]1[C@H]1OC1[C@@H](O)COc1cccc(C(F)(F)F)c1. The number of carbonyl (C=O) groups is 2. The molecular weight excluding hydrogens is 497 g/mol. The zero-order valence-electron chi connectivity index (χ0n) is 20.7. The number of rotatable bonds is 12. The molecule has 0 bridgehead atoms. The molecule has 1 aromatic rings. The summed E-state index contributed by atoms with van der Waals surface area (Å²) in [5, 5.41) is 21.0. The van der Waals surface area contributed by atoms with Crippen molar-refractivity contribution in [3.63, 3.8) is 0 Å². The fourth-order valence-corrected chi connectivity index (χ4v) is 5.17. The van der Waals surface area contributed by atoms with Crippen LogP contribution in [0.5, 0.6) is 5.75 Å². The highest BCUT2D eigenvalue weighted by Gasteiger charge is 2.59. The van der Waals surface area contributed by atoms with Gasteiger partial charge in [-0.2, -0.15) is 13.2 Å². The number of carbonyl (C=O) groups excluding carboxylic acids is 2. The van der Waals surface area contributed by atoms with Gasteiger partial charge in [0, 0.05) is 24.7 Å². The molecule has 0 spiro atoms. The number of esters is 1. The maximum atomic E-state index is 12.9. The van der Waals surface area contributed by atoms with Gasteiger partial charge in [-0.1, -0.05) is 6.07 Å². The second-order valence-corrected chi connectivity index (χ2v) is 10.3. The van der Waals surface area contributed by atoms with E-state index in [-0.39, 0.29) is 48.8 Å². The van der Waals surface area contributed by atoms with Crippen LogP contribution in [0.1, 0.15) is 51.5 Å². The van der Waals surface area contributed by atoms with Gasteiger partial charge in [0.1, 0.15) is 30.3 Å². The Morgan fingerprint density at radius 3 is 2.68 bits per heavy atom. The van der Waals surface area contributed by atoms with Crippen molar-refractivity contribution in [1.82, 2.24) is 0 Å². The van der Waals surface area contributed by atoms with Crippen molar-refractivity contribution in [3.05, 3.63) is 29.8 Å². The van der Waals surface area contributed by atoms with E-state index >= 15 is 0 Å². The molecule has 11 heteroatoms. The van der Waals surface area contributed by atoms with Crippen molar-refractivity contribution < 1.29 is 51.9 Å². The minimum absolute atomic E-state index is 0.00280. The second kappa shape index (κ2) is 11.3. The number of hydrogen-bond acceptors (Lipinski definition) is 8. The molecule has 3 unspecified atom stereocenters. The van der Waals surface area contributed by atoms with Crippen molar-refractivity contribution >= 4 is 11.8 Å². The maximum Gasteiger partial charge on any atom is 0.416 e. The Morgan fingerprint density at radius 2 is 1.97 bits per heavy atom. The van der Waals surface area contributed by atoms with Gasteiger partial charge in [0.15, 0.2) is 0 Å². The summed E-state index contributed by atoms with van der Waals surface area (Å²) in [7, 11) is 0. The molecule has 8 atom stereocenters. The molecule has 1 saturated carbocycles. The van der Waals surface area contributed by atoms with E-state index in [1.807, 2.05) is 0 Å². The third-order valence-corrected chi connectivity index (χ3v) is 7.05. The maximum absolute atomic E-state index is 12.9. The quantitative estimate of drug-likeness (QED) is 0.313. The number of Topliss-reactive ketones (excluding diaryl/α,β-unsaturated/α-hetero) is 1. The summed E-state index contributed by atoms with van der Waals surface area (Å²) >= 11 is 0. The lowest BCUT2D eigenvalue weighted by molar-refractivity contribution is -0.147. The third-order valence-electron chi connectivity index (χ3n) is 7.05. The van der Waals surface area contributed by atoms with Gasteiger partial charge in [-0.05, 0) is 51.3 Å². The van der Waals surface area contributed by atoms with E-state index in [4.69, 9.17) is 18.9 Å². The van der Waals surface area contributed by atoms with Crippen LogP contribution in [0.3, 0.4) is 0 Å². The van der Waals surface area contributed by atoms with Crippen LogP contribution in [0, 0.1) is 11.8 Å². The molecule has 2 N–H and O–H groups in total. The molecule has 4 rings (SSSR count). The Balaban J connectivity index is 1.24. The number of hydrogen-bond donors (Lipinski definition) is 2. The Hall–Kier alpha value is -2.21. The molecule has 37 heavy (non-hydrogen) atoms. The fourth-order valence-electron chi connectivity index (χ4n) is 5.17. The van der Waals surface area contributed by atoms with Gasteiger partial charge in [0.05, 0.1) is 36.1 Å². The Kier molecular flexibility index (Phi) is 8.47. The lowest BCUT2D eigenvalue weighted by atomic mass is 9.85. The highest BCUT2D eigenvalue weighted by Crippen LogP contribution is 2.47. The van der Waals surface area contributed by atoms with Crippen molar-refractivity contribution in [2.75, 3.05) is 6.61 Å².